The van der Waals surface area contributed by atoms with Crippen molar-refractivity contribution in [1.82, 2.24) is 4.98 Å². The summed E-state index contributed by atoms with van der Waals surface area (Å²) < 4.78 is 0. The number of carbonyl (C=O) groups is 1. The molecule has 0 radical (unpaired) electrons. The second-order valence-corrected chi connectivity index (χ2v) is 3.73. The Labute approximate surface area is 89.1 Å². The van der Waals surface area contributed by atoms with Gasteiger partial charge in [0.05, 0.1) is 11.9 Å². The van der Waals surface area contributed by atoms with E-state index in [4.69, 9.17) is 6.42 Å². The predicted molar refractivity (Wildman–Crippen MR) is 58.3 cm³/mol. The maximum Gasteiger partial charge on any atom is 0.228 e. The molecule has 1 aliphatic rings. The Morgan fingerprint density at radius 3 is 3.07 bits per heavy atom. The third-order valence-electron chi connectivity index (χ3n) is 2.66. The lowest BCUT2D eigenvalue weighted by molar-refractivity contribution is -0.117. The van der Waals surface area contributed by atoms with Crippen LogP contribution in [0.3, 0.4) is 0 Å². The summed E-state index contributed by atoms with van der Waals surface area (Å²) in [7, 11) is 0. The van der Waals surface area contributed by atoms with Gasteiger partial charge in [-0.25, -0.2) is 0 Å². The topological polar surface area (TPSA) is 33.2 Å². The van der Waals surface area contributed by atoms with Gasteiger partial charge in [0.2, 0.25) is 5.91 Å². The zero-order valence-electron chi connectivity index (χ0n) is 8.60. The van der Waals surface area contributed by atoms with E-state index in [1.54, 1.807) is 17.3 Å². The monoisotopic (exact) mass is 200 g/mol. The number of hydrogen-bond acceptors (Lipinski definition) is 2. The van der Waals surface area contributed by atoms with Gasteiger partial charge < -0.3 is 4.90 Å². The second kappa shape index (κ2) is 3.74. The molecule has 2 heterocycles. The first-order valence-electron chi connectivity index (χ1n) is 4.89. The van der Waals surface area contributed by atoms with Crippen LogP contribution in [-0.4, -0.2) is 17.4 Å². The minimum atomic E-state index is 0.0390. The van der Waals surface area contributed by atoms with Crippen molar-refractivity contribution in [2.45, 2.75) is 13.3 Å². The number of rotatable bonds is 1. The van der Waals surface area contributed by atoms with Crippen molar-refractivity contribution in [2.75, 3.05) is 11.4 Å². The first-order valence-corrected chi connectivity index (χ1v) is 4.89. The van der Waals surface area contributed by atoms with Gasteiger partial charge in [0, 0.05) is 25.1 Å². The van der Waals surface area contributed by atoms with Crippen molar-refractivity contribution >= 4 is 11.6 Å². The number of amides is 1. The fourth-order valence-corrected chi connectivity index (χ4v) is 1.79. The Bertz CT molecular complexity index is 433. The summed E-state index contributed by atoms with van der Waals surface area (Å²) in [5.74, 6) is 2.76. The van der Waals surface area contributed by atoms with Gasteiger partial charge in [0.25, 0.3) is 0 Å². The number of carbonyl (C=O) groups excluding carboxylic acids is 1. The fraction of sp³-hybridized carbons (Fsp3) is 0.333. The average Bonchev–Trinajstić information content (AvgIpc) is 2.60. The summed E-state index contributed by atoms with van der Waals surface area (Å²) in [5.41, 5.74) is 1.93. The van der Waals surface area contributed by atoms with Crippen molar-refractivity contribution in [1.29, 1.82) is 0 Å². The van der Waals surface area contributed by atoms with Crippen LogP contribution in [0.25, 0.3) is 0 Å². The van der Waals surface area contributed by atoms with E-state index in [2.05, 4.69) is 10.9 Å². The Morgan fingerprint density at radius 2 is 2.47 bits per heavy atom. The predicted octanol–water partition coefficient (Wildman–Crippen LogP) is 1.38. The number of nitrogens with zero attached hydrogens (tertiary/aromatic N) is 2. The van der Waals surface area contributed by atoms with Gasteiger partial charge in [0.1, 0.15) is 0 Å². The van der Waals surface area contributed by atoms with E-state index in [0.717, 1.165) is 11.3 Å². The van der Waals surface area contributed by atoms with Gasteiger partial charge >= 0.3 is 0 Å². The Kier molecular flexibility index (Phi) is 2.42. The molecule has 0 saturated carbocycles. The SMILES string of the molecule is C#CC1CC(=O)N(c2cnccc2C)C1. The quantitative estimate of drug-likeness (QED) is 0.641. The summed E-state index contributed by atoms with van der Waals surface area (Å²) in [6, 6.07) is 1.89. The lowest BCUT2D eigenvalue weighted by atomic mass is 10.1. The largest absolute Gasteiger partial charge is 0.309 e. The molecule has 0 spiro atoms. The molecule has 3 heteroatoms. The van der Waals surface area contributed by atoms with Crippen LogP contribution < -0.4 is 4.90 Å². The summed E-state index contributed by atoms with van der Waals surface area (Å²) in [5, 5.41) is 0. The molecule has 1 fully saturated rings. The highest BCUT2D eigenvalue weighted by Gasteiger charge is 2.30. The molecule has 0 aromatic carbocycles. The van der Waals surface area contributed by atoms with Crippen LogP contribution in [0.5, 0.6) is 0 Å². The van der Waals surface area contributed by atoms with E-state index in [9.17, 15) is 4.79 Å². The molecule has 1 aromatic rings. The Morgan fingerprint density at radius 1 is 1.67 bits per heavy atom. The number of terminal acetylenes is 1. The van der Waals surface area contributed by atoms with Crippen LogP contribution >= 0.6 is 0 Å². The third-order valence-corrected chi connectivity index (χ3v) is 2.66. The van der Waals surface area contributed by atoms with Crippen molar-refractivity contribution < 1.29 is 4.79 Å². The molecule has 3 nitrogen and oxygen atoms in total. The van der Waals surface area contributed by atoms with Crippen LogP contribution in [0.15, 0.2) is 18.5 Å². The molecule has 1 aromatic heterocycles. The van der Waals surface area contributed by atoms with Gasteiger partial charge in [-0.15, -0.1) is 12.3 Å². The molecule has 1 unspecified atom stereocenters. The number of anilines is 1. The summed E-state index contributed by atoms with van der Waals surface area (Å²) in [4.78, 5) is 17.5. The minimum absolute atomic E-state index is 0.0390. The van der Waals surface area contributed by atoms with Crippen LogP contribution in [0.2, 0.25) is 0 Å². The lowest BCUT2D eigenvalue weighted by Crippen LogP contribution is -2.25. The Hall–Kier alpha value is -1.82. The zero-order chi connectivity index (χ0) is 10.8. The average molecular weight is 200 g/mol. The van der Waals surface area contributed by atoms with Crippen LogP contribution in [0, 0.1) is 25.2 Å². The Balaban J connectivity index is 2.30. The maximum absolute atomic E-state index is 11.7. The maximum atomic E-state index is 11.7. The van der Waals surface area contributed by atoms with E-state index in [1.807, 2.05) is 13.0 Å². The number of pyridine rings is 1. The van der Waals surface area contributed by atoms with Crippen LogP contribution in [-0.2, 0) is 4.79 Å². The van der Waals surface area contributed by atoms with Crippen LogP contribution in [0.4, 0.5) is 5.69 Å². The van der Waals surface area contributed by atoms with Crippen molar-refractivity contribution in [3.05, 3.63) is 24.0 Å². The highest BCUT2D eigenvalue weighted by molar-refractivity contribution is 5.96. The van der Waals surface area contributed by atoms with Crippen molar-refractivity contribution in [2.24, 2.45) is 5.92 Å². The molecule has 76 valence electrons. The zero-order valence-corrected chi connectivity index (χ0v) is 8.60. The first-order chi connectivity index (χ1) is 7.22. The van der Waals surface area contributed by atoms with E-state index in [1.165, 1.54) is 0 Å². The highest BCUT2D eigenvalue weighted by atomic mass is 16.2. The van der Waals surface area contributed by atoms with E-state index < -0.39 is 0 Å². The van der Waals surface area contributed by atoms with Gasteiger partial charge in [-0.1, -0.05) is 0 Å². The van der Waals surface area contributed by atoms with Gasteiger partial charge in [-0.3, -0.25) is 9.78 Å². The molecule has 1 aliphatic heterocycles. The minimum Gasteiger partial charge on any atom is -0.309 e. The van der Waals surface area contributed by atoms with E-state index in [-0.39, 0.29) is 11.8 Å². The van der Waals surface area contributed by atoms with Gasteiger partial charge in [0.15, 0.2) is 0 Å². The molecule has 1 amide bonds. The summed E-state index contributed by atoms with van der Waals surface area (Å²) in [6.45, 7) is 2.58. The van der Waals surface area contributed by atoms with E-state index >= 15 is 0 Å². The normalized spacial score (nSPS) is 20.4. The van der Waals surface area contributed by atoms with Gasteiger partial charge in [-0.05, 0) is 18.6 Å². The van der Waals surface area contributed by atoms with E-state index in [0.29, 0.717) is 13.0 Å². The number of hydrogen-bond donors (Lipinski definition) is 0. The molecule has 0 bridgehead atoms. The lowest BCUT2D eigenvalue weighted by Gasteiger charge is -2.17. The molecule has 2 rings (SSSR count). The summed E-state index contributed by atoms with van der Waals surface area (Å²) >= 11 is 0. The second-order valence-electron chi connectivity index (χ2n) is 3.73. The van der Waals surface area contributed by atoms with Crippen LogP contribution in [0.1, 0.15) is 12.0 Å². The number of aryl methyl sites for hydroxylation is 1. The standard InChI is InChI=1S/C12H12N2O/c1-3-10-6-12(15)14(8-10)11-7-13-5-4-9(11)2/h1,4-5,7,10H,6,8H2,2H3. The fourth-order valence-electron chi connectivity index (χ4n) is 1.79. The first kappa shape index (κ1) is 9.72. The third kappa shape index (κ3) is 1.71. The molecule has 1 atom stereocenters. The molecule has 0 N–H and O–H groups in total. The highest BCUT2D eigenvalue weighted by Crippen LogP contribution is 2.26. The molecule has 0 aliphatic carbocycles. The molecular weight excluding hydrogens is 188 g/mol. The number of aromatic nitrogens is 1. The van der Waals surface area contributed by atoms with Gasteiger partial charge in [-0.2, -0.15) is 0 Å². The van der Waals surface area contributed by atoms with Crippen molar-refractivity contribution in [3.63, 3.8) is 0 Å². The summed E-state index contributed by atoms with van der Waals surface area (Å²) in [6.07, 6.45) is 9.21. The molecule has 15 heavy (non-hydrogen) atoms. The smallest absolute Gasteiger partial charge is 0.228 e. The molecular formula is C12H12N2O. The van der Waals surface area contributed by atoms with Crippen molar-refractivity contribution in [3.8, 4) is 12.3 Å². The molecule has 1 saturated heterocycles.